The van der Waals surface area contributed by atoms with Crippen molar-refractivity contribution >= 4 is 21.4 Å². The summed E-state index contributed by atoms with van der Waals surface area (Å²) >= 11 is 0. The first-order chi connectivity index (χ1) is 15.7. The Morgan fingerprint density at radius 1 is 1.06 bits per heavy atom. The lowest BCUT2D eigenvalue weighted by atomic mass is 10.2. The number of carbonyl (C=O) groups is 1. The summed E-state index contributed by atoms with van der Waals surface area (Å²) in [5.74, 6) is 0.439. The molecule has 0 atom stereocenters. The highest BCUT2D eigenvalue weighted by atomic mass is 32.2. The number of anilines is 1. The normalized spacial score (nSPS) is 14.5. The van der Waals surface area contributed by atoms with Crippen LogP contribution < -0.4 is 9.64 Å². The monoisotopic (exact) mass is 477 g/mol. The van der Waals surface area contributed by atoms with Gasteiger partial charge in [0.25, 0.3) is 0 Å². The van der Waals surface area contributed by atoms with Crippen molar-refractivity contribution in [2.75, 3.05) is 64.1 Å². The van der Waals surface area contributed by atoms with Crippen LogP contribution in [-0.2, 0) is 14.6 Å². The summed E-state index contributed by atoms with van der Waals surface area (Å²) in [4.78, 5) is 19.0. The summed E-state index contributed by atoms with van der Waals surface area (Å²) < 4.78 is 42.0. The fourth-order valence-electron chi connectivity index (χ4n) is 3.74. The standard InChI is InChI=1S/C24H32FN3O4S/c1-26(12-4-18-32-22-5-3-6-23(19-22)33(2,30)31)13-11-24(29)28-16-14-27(15-17-28)21-9-7-20(25)8-10-21/h3,5-10,19H,4,11-18H2,1-2H3. The minimum absolute atomic E-state index is 0.148. The number of ether oxygens (including phenoxy) is 1. The van der Waals surface area contributed by atoms with Crippen LogP contribution in [0.4, 0.5) is 10.1 Å². The van der Waals surface area contributed by atoms with Crippen LogP contribution in [-0.4, -0.2) is 83.3 Å². The number of halogens is 1. The Labute approximate surface area is 195 Å². The van der Waals surface area contributed by atoms with Gasteiger partial charge in [-0.1, -0.05) is 6.07 Å². The maximum absolute atomic E-state index is 13.1. The number of nitrogens with zero attached hydrogens (tertiary/aromatic N) is 3. The molecule has 2 aromatic carbocycles. The van der Waals surface area contributed by atoms with Crippen molar-refractivity contribution in [1.82, 2.24) is 9.80 Å². The SMILES string of the molecule is CN(CCCOc1cccc(S(C)(=O)=O)c1)CCC(=O)N1CCN(c2ccc(F)cc2)CC1. The van der Waals surface area contributed by atoms with Crippen molar-refractivity contribution in [2.24, 2.45) is 0 Å². The van der Waals surface area contributed by atoms with Gasteiger partial charge in [0, 0.05) is 57.6 Å². The van der Waals surface area contributed by atoms with E-state index in [1.54, 1.807) is 30.3 Å². The fourth-order valence-corrected chi connectivity index (χ4v) is 4.40. The molecule has 2 aromatic rings. The smallest absolute Gasteiger partial charge is 0.223 e. The molecule has 180 valence electrons. The molecule has 0 aromatic heterocycles. The van der Waals surface area contributed by atoms with Crippen LogP contribution in [0.3, 0.4) is 0 Å². The van der Waals surface area contributed by atoms with Crippen LogP contribution in [0.1, 0.15) is 12.8 Å². The Morgan fingerprint density at radius 2 is 1.76 bits per heavy atom. The van der Waals surface area contributed by atoms with E-state index in [1.165, 1.54) is 24.5 Å². The summed E-state index contributed by atoms with van der Waals surface area (Å²) in [6.45, 7) is 4.73. The first-order valence-electron chi connectivity index (χ1n) is 11.1. The first kappa shape index (κ1) is 25.0. The number of hydrogen-bond acceptors (Lipinski definition) is 6. The lowest BCUT2D eigenvalue weighted by molar-refractivity contribution is -0.131. The van der Waals surface area contributed by atoms with E-state index in [-0.39, 0.29) is 16.6 Å². The number of sulfone groups is 1. The summed E-state index contributed by atoms with van der Waals surface area (Å²) in [5.41, 5.74) is 0.980. The van der Waals surface area contributed by atoms with Gasteiger partial charge in [-0.3, -0.25) is 4.79 Å². The first-order valence-corrected chi connectivity index (χ1v) is 13.0. The van der Waals surface area contributed by atoms with E-state index in [4.69, 9.17) is 4.74 Å². The van der Waals surface area contributed by atoms with E-state index < -0.39 is 9.84 Å². The topological polar surface area (TPSA) is 70.2 Å². The molecule has 0 radical (unpaired) electrons. The molecule has 0 bridgehead atoms. The molecular formula is C24H32FN3O4S. The van der Waals surface area contributed by atoms with E-state index in [0.717, 1.165) is 31.7 Å². The number of amides is 1. The Balaban J connectivity index is 1.32. The molecule has 1 aliphatic rings. The summed E-state index contributed by atoms with van der Waals surface area (Å²) in [7, 11) is -1.28. The van der Waals surface area contributed by atoms with E-state index in [2.05, 4.69) is 9.80 Å². The highest BCUT2D eigenvalue weighted by Gasteiger charge is 2.21. The van der Waals surface area contributed by atoms with Crippen molar-refractivity contribution in [3.8, 4) is 5.75 Å². The van der Waals surface area contributed by atoms with Gasteiger partial charge in [-0.05, 0) is 55.9 Å². The Kier molecular flexibility index (Phi) is 8.68. The van der Waals surface area contributed by atoms with E-state index in [1.807, 2.05) is 11.9 Å². The van der Waals surface area contributed by atoms with Crippen molar-refractivity contribution in [3.05, 3.63) is 54.3 Å². The highest BCUT2D eigenvalue weighted by Crippen LogP contribution is 2.18. The molecule has 9 heteroatoms. The molecule has 3 rings (SSSR count). The third-order valence-corrected chi connectivity index (χ3v) is 6.83. The van der Waals surface area contributed by atoms with Crippen LogP contribution in [0, 0.1) is 5.82 Å². The number of carbonyl (C=O) groups excluding carboxylic acids is 1. The molecule has 0 saturated carbocycles. The molecule has 0 spiro atoms. The third kappa shape index (κ3) is 7.71. The summed E-state index contributed by atoms with van der Waals surface area (Å²) in [5, 5.41) is 0. The number of rotatable bonds is 10. The van der Waals surface area contributed by atoms with Gasteiger partial charge in [0.2, 0.25) is 5.91 Å². The van der Waals surface area contributed by atoms with E-state index in [0.29, 0.717) is 38.4 Å². The molecule has 0 unspecified atom stereocenters. The maximum Gasteiger partial charge on any atom is 0.223 e. The van der Waals surface area contributed by atoms with Crippen molar-refractivity contribution in [1.29, 1.82) is 0 Å². The second kappa shape index (κ2) is 11.5. The molecule has 1 fully saturated rings. The molecule has 0 N–H and O–H groups in total. The minimum atomic E-state index is -3.25. The summed E-state index contributed by atoms with van der Waals surface area (Å²) in [6.07, 6.45) is 2.41. The second-order valence-electron chi connectivity index (χ2n) is 8.35. The fraction of sp³-hybridized carbons (Fsp3) is 0.458. The number of piperazine rings is 1. The Morgan fingerprint density at radius 3 is 2.42 bits per heavy atom. The van der Waals surface area contributed by atoms with Crippen LogP contribution in [0.5, 0.6) is 5.75 Å². The van der Waals surface area contributed by atoms with Gasteiger partial charge < -0.3 is 19.4 Å². The molecule has 1 heterocycles. The second-order valence-corrected chi connectivity index (χ2v) is 10.4. The Bertz CT molecular complexity index is 1020. The molecule has 33 heavy (non-hydrogen) atoms. The molecule has 1 saturated heterocycles. The predicted molar refractivity (Wildman–Crippen MR) is 127 cm³/mol. The lowest BCUT2D eigenvalue weighted by Gasteiger charge is -2.36. The van der Waals surface area contributed by atoms with Crippen molar-refractivity contribution < 1.29 is 22.3 Å². The van der Waals surface area contributed by atoms with Gasteiger partial charge in [0.15, 0.2) is 9.84 Å². The molecular weight excluding hydrogens is 445 g/mol. The zero-order chi connectivity index (χ0) is 23.8. The lowest BCUT2D eigenvalue weighted by Crippen LogP contribution is -2.49. The van der Waals surface area contributed by atoms with Crippen LogP contribution in [0.2, 0.25) is 0 Å². The number of hydrogen-bond donors (Lipinski definition) is 0. The zero-order valence-corrected chi connectivity index (χ0v) is 20.1. The number of benzene rings is 2. The third-order valence-electron chi connectivity index (χ3n) is 5.72. The average Bonchev–Trinajstić information content (AvgIpc) is 2.80. The highest BCUT2D eigenvalue weighted by molar-refractivity contribution is 7.90. The largest absolute Gasteiger partial charge is 0.494 e. The van der Waals surface area contributed by atoms with E-state index in [9.17, 15) is 17.6 Å². The maximum atomic E-state index is 13.1. The van der Waals surface area contributed by atoms with Gasteiger partial charge in [-0.15, -0.1) is 0 Å². The quantitative estimate of drug-likeness (QED) is 0.490. The van der Waals surface area contributed by atoms with Crippen LogP contribution in [0.15, 0.2) is 53.4 Å². The molecule has 7 nitrogen and oxygen atoms in total. The van der Waals surface area contributed by atoms with Crippen molar-refractivity contribution in [2.45, 2.75) is 17.7 Å². The minimum Gasteiger partial charge on any atom is -0.494 e. The van der Waals surface area contributed by atoms with Crippen LogP contribution >= 0.6 is 0 Å². The van der Waals surface area contributed by atoms with Gasteiger partial charge in [-0.2, -0.15) is 0 Å². The van der Waals surface area contributed by atoms with Gasteiger partial charge in [0.05, 0.1) is 11.5 Å². The van der Waals surface area contributed by atoms with Crippen molar-refractivity contribution in [3.63, 3.8) is 0 Å². The molecule has 1 aliphatic heterocycles. The van der Waals surface area contributed by atoms with E-state index >= 15 is 0 Å². The zero-order valence-electron chi connectivity index (χ0n) is 19.2. The average molecular weight is 478 g/mol. The summed E-state index contributed by atoms with van der Waals surface area (Å²) in [6, 6.07) is 13.0. The molecule has 1 amide bonds. The molecule has 0 aliphatic carbocycles. The van der Waals surface area contributed by atoms with Gasteiger partial charge >= 0.3 is 0 Å². The predicted octanol–water partition coefficient (Wildman–Crippen LogP) is 2.67. The van der Waals surface area contributed by atoms with Crippen LogP contribution in [0.25, 0.3) is 0 Å². The van der Waals surface area contributed by atoms with Gasteiger partial charge in [0.1, 0.15) is 11.6 Å². The van der Waals surface area contributed by atoms with Gasteiger partial charge in [-0.25, -0.2) is 12.8 Å². The Hall–Kier alpha value is -2.65.